The van der Waals surface area contributed by atoms with Crippen LogP contribution in [0, 0.1) is 5.82 Å². The number of nitrogens with one attached hydrogen (secondary N) is 1. The number of rotatable bonds is 5. The standard InChI is InChI=1S/C18H20FN3O2/c19-16-6-2-1-5-15(16)18(23)21-13-17(14-4-3-7-20-12-14)22-8-10-24-11-9-22/h1-7,12,17H,8-11,13H2,(H,21,23)/t17-/m1/s1. The Morgan fingerprint density at radius 2 is 2.04 bits per heavy atom. The van der Waals surface area contributed by atoms with Crippen molar-refractivity contribution in [1.29, 1.82) is 0 Å². The van der Waals surface area contributed by atoms with Crippen LogP contribution < -0.4 is 5.32 Å². The van der Waals surface area contributed by atoms with Gasteiger partial charge in [0.1, 0.15) is 5.82 Å². The van der Waals surface area contributed by atoms with E-state index in [0.717, 1.165) is 18.7 Å². The highest BCUT2D eigenvalue weighted by Gasteiger charge is 2.24. The van der Waals surface area contributed by atoms with Gasteiger partial charge in [0.15, 0.2) is 0 Å². The number of pyridine rings is 1. The number of morpholine rings is 1. The zero-order chi connectivity index (χ0) is 16.8. The number of halogens is 1. The van der Waals surface area contributed by atoms with Crippen molar-refractivity contribution >= 4 is 5.91 Å². The van der Waals surface area contributed by atoms with Crippen molar-refractivity contribution in [2.45, 2.75) is 6.04 Å². The molecule has 2 heterocycles. The summed E-state index contributed by atoms with van der Waals surface area (Å²) < 4.78 is 19.1. The predicted molar refractivity (Wildman–Crippen MR) is 88.1 cm³/mol. The van der Waals surface area contributed by atoms with E-state index in [9.17, 15) is 9.18 Å². The van der Waals surface area contributed by atoms with E-state index in [1.54, 1.807) is 24.5 Å². The maximum Gasteiger partial charge on any atom is 0.254 e. The van der Waals surface area contributed by atoms with Gasteiger partial charge in [0.2, 0.25) is 0 Å². The third-order valence-corrected chi connectivity index (χ3v) is 4.13. The molecular formula is C18H20FN3O2. The second kappa shape index (κ2) is 7.99. The minimum atomic E-state index is -0.515. The summed E-state index contributed by atoms with van der Waals surface area (Å²) in [6, 6.07) is 9.84. The van der Waals surface area contributed by atoms with Gasteiger partial charge in [-0.05, 0) is 23.8 Å². The number of hydrogen-bond donors (Lipinski definition) is 1. The Balaban J connectivity index is 1.72. The Morgan fingerprint density at radius 1 is 1.25 bits per heavy atom. The van der Waals surface area contributed by atoms with Gasteiger partial charge in [0, 0.05) is 32.0 Å². The van der Waals surface area contributed by atoms with E-state index in [0.29, 0.717) is 19.8 Å². The molecule has 0 saturated carbocycles. The molecule has 2 aromatic rings. The van der Waals surface area contributed by atoms with Crippen LogP contribution in [0.2, 0.25) is 0 Å². The van der Waals surface area contributed by atoms with E-state index in [1.165, 1.54) is 12.1 Å². The van der Waals surface area contributed by atoms with Crippen LogP contribution in [0.15, 0.2) is 48.8 Å². The first-order chi connectivity index (χ1) is 11.8. The molecule has 1 amide bonds. The summed E-state index contributed by atoms with van der Waals surface area (Å²) in [4.78, 5) is 18.7. The van der Waals surface area contributed by atoms with Gasteiger partial charge in [-0.2, -0.15) is 0 Å². The molecular weight excluding hydrogens is 309 g/mol. The SMILES string of the molecule is O=C(NC[C@H](c1cccnc1)N1CCOCC1)c1ccccc1F. The van der Waals surface area contributed by atoms with Crippen molar-refractivity contribution in [3.8, 4) is 0 Å². The molecule has 1 atom stereocenters. The van der Waals surface area contributed by atoms with E-state index in [-0.39, 0.29) is 11.6 Å². The van der Waals surface area contributed by atoms with E-state index in [2.05, 4.69) is 15.2 Å². The molecule has 126 valence electrons. The Bertz CT molecular complexity index is 675. The first-order valence-electron chi connectivity index (χ1n) is 8.00. The summed E-state index contributed by atoms with van der Waals surface area (Å²) in [7, 11) is 0. The van der Waals surface area contributed by atoms with Gasteiger partial charge >= 0.3 is 0 Å². The maximum absolute atomic E-state index is 13.7. The lowest BCUT2D eigenvalue weighted by atomic mass is 10.1. The van der Waals surface area contributed by atoms with Crippen LogP contribution in [0.3, 0.4) is 0 Å². The summed E-state index contributed by atoms with van der Waals surface area (Å²) in [6.07, 6.45) is 3.52. The number of benzene rings is 1. The van der Waals surface area contributed by atoms with Crippen LogP contribution in [-0.2, 0) is 4.74 Å². The van der Waals surface area contributed by atoms with Crippen molar-refractivity contribution in [3.05, 3.63) is 65.7 Å². The first-order valence-corrected chi connectivity index (χ1v) is 8.00. The topological polar surface area (TPSA) is 54.5 Å². The minimum absolute atomic E-state index is 0.0154. The van der Waals surface area contributed by atoms with E-state index in [4.69, 9.17) is 4.74 Å². The molecule has 1 aromatic carbocycles. The van der Waals surface area contributed by atoms with Gasteiger partial charge < -0.3 is 10.1 Å². The molecule has 24 heavy (non-hydrogen) atoms. The number of carbonyl (C=O) groups is 1. The lowest BCUT2D eigenvalue weighted by Gasteiger charge is -2.34. The summed E-state index contributed by atoms with van der Waals surface area (Å²) >= 11 is 0. The number of hydrogen-bond acceptors (Lipinski definition) is 4. The van der Waals surface area contributed by atoms with Crippen LogP contribution in [0.1, 0.15) is 22.0 Å². The Kier molecular flexibility index (Phi) is 5.51. The molecule has 6 heteroatoms. The van der Waals surface area contributed by atoms with Gasteiger partial charge in [0.05, 0.1) is 24.8 Å². The average molecular weight is 329 g/mol. The molecule has 0 radical (unpaired) electrons. The monoisotopic (exact) mass is 329 g/mol. The number of aromatic nitrogens is 1. The van der Waals surface area contributed by atoms with Crippen LogP contribution in [0.5, 0.6) is 0 Å². The summed E-state index contributed by atoms with van der Waals surface area (Å²) in [5.74, 6) is -0.922. The second-order valence-electron chi connectivity index (χ2n) is 5.64. The quantitative estimate of drug-likeness (QED) is 0.912. The normalized spacial score (nSPS) is 16.5. The molecule has 1 N–H and O–H groups in total. The van der Waals surface area contributed by atoms with Gasteiger partial charge in [0.25, 0.3) is 5.91 Å². The largest absolute Gasteiger partial charge is 0.379 e. The van der Waals surface area contributed by atoms with Crippen molar-refractivity contribution in [1.82, 2.24) is 15.2 Å². The van der Waals surface area contributed by atoms with E-state index in [1.807, 2.05) is 12.1 Å². The molecule has 1 fully saturated rings. The van der Waals surface area contributed by atoms with E-state index >= 15 is 0 Å². The van der Waals surface area contributed by atoms with Gasteiger partial charge in [-0.1, -0.05) is 18.2 Å². The molecule has 1 aromatic heterocycles. The molecule has 1 saturated heterocycles. The van der Waals surface area contributed by atoms with Crippen molar-refractivity contribution in [2.75, 3.05) is 32.8 Å². The Hall–Kier alpha value is -2.31. The van der Waals surface area contributed by atoms with Crippen LogP contribution >= 0.6 is 0 Å². The smallest absolute Gasteiger partial charge is 0.254 e. The highest BCUT2D eigenvalue weighted by Crippen LogP contribution is 2.20. The molecule has 3 rings (SSSR count). The highest BCUT2D eigenvalue weighted by atomic mass is 19.1. The fourth-order valence-corrected chi connectivity index (χ4v) is 2.85. The van der Waals surface area contributed by atoms with Crippen LogP contribution in [-0.4, -0.2) is 48.6 Å². The number of ether oxygens (including phenoxy) is 1. The molecule has 0 unspecified atom stereocenters. The second-order valence-corrected chi connectivity index (χ2v) is 5.64. The van der Waals surface area contributed by atoms with Gasteiger partial charge in [-0.25, -0.2) is 4.39 Å². The van der Waals surface area contributed by atoms with E-state index < -0.39 is 11.7 Å². The number of carbonyl (C=O) groups excluding carboxylic acids is 1. The van der Waals surface area contributed by atoms with Crippen molar-refractivity contribution in [2.24, 2.45) is 0 Å². The molecule has 0 spiro atoms. The predicted octanol–water partition coefficient (Wildman–Crippen LogP) is 2.02. The Labute approximate surface area is 140 Å². The summed E-state index contributed by atoms with van der Waals surface area (Å²) in [5, 5.41) is 2.85. The highest BCUT2D eigenvalue weighted by molar-refractivity contribution is 5.94. The zero-order valence-corrected chi connectivity index (χ0v) is 13.3. The number of nitrogens with zero attached hydrogens (tertiary/aromatic N) is 2. The van der Waals surface area contributed by atoms with Gasteiger partial charge in [-0.15, -0.1) is 0 Å². The lowest BCUT2D eigenvalue weighted by Crippen LogP contribution is -2.44. The third-order valence-electron chi connectivity index (χ3n) is 4.13. The average Bonchev–Trinajstić information content (AvgIpc) is 2.64. The fourth-order valence-electron chi connectivity index (χ4n) is 2.85. The van der Waals surface area contributed by atoms with Gasteiger partial charge in [-0.3, -0.25) is 14.7 Å². The van der Waals surface area contributed by atoms with Crippen molar-refractivity contribution < 1.29 is 13.9 Å². The fraction of sp³-hybridized carbons (Fsp3) is 0.333. The van der Waals surface area contributed by atoms with Crippen molar-refractivity contribution in [3.63, 3.8) is 0 Å². The molecule has 1 aliphatic rings. The summed E-state index contributed by atoms with van der Waals surface area (Å²) in [5.41, 5.74) is 1.08. The molecule has 0 bridgehead atoms. The molecule has 5 nitrogen and oxygen atoms in total. The lowest BCUT2D eigenvalue weighted by molar-refractivity contribution is 0.0161. The third kappa shape index (κ3) is 3.96. The van der Waals surface area contributed by atoms with Crippen LogP contribution in [0.4, 0.5) is 4.39 Å². The Morgan fingerprint density at radius 3 is 2.75 bits per heavy atom. The molecule has 0 aliphatic carbocycles. The molecule has 1 aliphatic heterocycles. The zero-order valence-electron chi connectivity index (χ0n) is 13.3. The minimum Gasteiger partial charge on any atom is -0.379 e. The first kappa shape index (κ1) is 16.5. The maximum atomic E-state index is 13.7. The van der Waals surface area contributed by atoms with Crippen LogP contribution in [0.25, 0.3) is 0 Å². The summed E-state index contributed by atoms with van der Waals surface area (Å²) in [6.45, 7) is 3.29. The number of amides is 1.